The Bertz CT molecular complexity index is 1400. The van der Waals surface area contributed by atoms with E-state index in [9.17, 15) is 29.4 Å². The zero-order valence-corrected chi connectivity index (χ0v) is 22.5. The lowest BCUT2D eigenvalue weighted by atomic mass is 9.91. The molecule has 1 aliphatic carbocycles. The Morgan fingerprint density at radius 2 is 1.85 bits per heavy atom. The molecule has 2 aromatic rings. The predicted octanol–water partition coefficient (Wildman–Crippen LogP) is -0.906. The van der Waals surface area contributed by atoms with Crippen LogP contribution in [-0.4, -0.2) is 104 Å². The maximum Gasteiger partial charge on any atom is 0.280 e. The molecule has 15 nitrogen and oxygen atoms in total. The molecular formula is C26H32N6O9. The summed E-state index contributed by atoms with van der Waals surface area (Å²) in [7, 11) is 0. The Morgan fingerprint density at radius 1 is 1.15 bits per heavy atom. The summed E-state index contributed by atoms with van der Waals surface area (Å²) in [4.78, 5) is 61.8. The quantitative estimate of drug-likeness (QED) is 0.192. The number of ether oxygens (including phenoxy) is 3. The second-order valence-corrected chi connectivity index (χ2v) is 10.2. The molecule has 0 radical (unpaired) electrons. The number of carbonyl (C=O) groups excluding carboxylic acids is 3. The van der Waals surface area contributed by atoms with Crippen LogP contribution in [0.25, 0.3) is 11.2 Å². The zero-order chi connectivity index (χ0) is 29.3. The number of nitrogens with zero attached hydrogens (tertiary/aromatic N) is 4. The smallest absolute Gasteiger partial charge is 0.280 e. The van der Waals surface area contributed by atoms with Crippen molar-refractivity contribution >= 4 is 34.8 Å². The van der Waals surface area contributed by atoms with Crippen molar-refractivity contribution in [3.05, 3.63) is 41.0 Å². The molecule has 220 valence electrons. The van der Waals surface area contributed by atoms with Gasteiger partial charge in [0.1, 0.15) is 18.3 Å². The average molecular weight is 573 g/mol. The van der Waals surface area contributed by atoms with Crippen LogP contribution in [0.2, 0.25) is 0 Å². The fourth-order valence-electron chi connectivity index (χ4n) is 4.97. The largest absolute Gasteiger partial charge is 0.394 e. The van der Waals surface area contributed by atoms with E-state index in [0.717, 1.165) is 0 Å². The molecule has 6 atom stereocenters. The van der Waals surface area contributed by atoms with Crippen LogP contribution < -0.4 is 10.9 Å². The maximum absolute atomic E-state index is 12.6. The summed E-state index contributed by atoms with van der Waals surface area (Å²) < 4.78 is 18.7. The molecule has 2 fully saturated rings. The van der Waals surface area contributed by atoms with Crippen LogP contribution in [0.5, 0.6) is 0 Å². The second-order valence-electron chi connectivity index (χ2n) is 10.2. The molecule has 4 N–H and O–H groups in total. The molecule has 0 bridgehead atoms. The number of amides is 3. The summed E-state index contributed by atoms with van der Waals surface area (Å²) >= 11 is 0. The maximum atomic E-state index is 12.6. The van der Waals surface area contributed by atoms with E-state index in [1.54, 1.807) is 38.2 Å². The highest BCUT2D eigenvalue weighted by Crippen LogP contribution is 2.33. The second kappa shape index (κ2) is 12.0. The summed E-state index contributed by atoms with van der Waals surface area (Å²) in [5.41, 5.74) is -0.521. The van der Waals surface area contributed by atoms with E-state index in [0.29, 0.717) is 0 Å². The van der Waals surface area contributed by atoms with Gasteiger partial charge in [-0.2, -0.15) is 4.98 Å². The molecule has 3 aliphatic rings. The van der Waals surface area contributed by atoms with E-state index in [4.69, 9.17) is 14.2 Å². The van der Waals surface area contributed by atoms with Crippen LogP contribution in [-0.2, 0) is 28.6 Å². The van der Waals surface area contributed by atoms with Crippen molar-refractivity contribution in [3.8, 4) is 0 Å². The number of imidazole rings is 1. The van der Waals surface area contributed by atoms with Crippen LogP contribution in [0.15, 0.2) is 35.4 Å². The Labute approximate surface area is 233 Å². The minimum Gasteiger partial charge on any atom is -0.394 e. The van der Waals surface area contributed by atoms with Gasteiger partial charge in [0.2, 0.25) is 23.7 Å². The number of fused-ring (bicyclic) bond motifs is 2. The number of H-pyrrole nitrogens is 1. The number of allylic oxidation sites excluding steroid dienone is 2. The first-order valence-corrected chi connectivity index (χ1v) is 13.3. The zero-order valence-electron chi connectivity index (χ0n) is 22.5. The van der Waals surface area contributed by atoms with Gasteiger partial charge in [0.05, 0.1) is 51.1 Å². The highest BCUT2D eigenvalue weighted by Gasteiger charge is 2.46. The third kappa shape index (κ3) is 5.58. The van der Waals surface area contributed by atoms with Crippen molar-refractivity contribution in [1.29, 1.82) is 0 Å². The summed E-state index contributed by atoms with van der Waals surface area (Å²) in [5.74, 6) is -2.22. The number of aromatic amines is 1. The third-order valence-corrected chi connectivity index (χ3v) is 7.20. The molecule has 0 spiro atoms. The number of aliphatic hydroxyl groups is 2. The van der Waals surface area contributed by atoms with Gasteiger partial charge in [0.15, 0.2) is 17.4 Å². The Balaban J connectivity index is 1.21. The Kier molecular flexibility index (Phi) is 8.42. The summed E-state index contributed by atoms with van der Waals surface area (Å²) in [6.07, 6.45) is 4.04. The number of likely N-dealkylation sites (tertiary alicyclic amines) is 1. The SMILES string of the molecule is CC(C)C(=O)Nc1nc2c(ncn2[C@@H]2O[C@H](CO)C(O)C2OCCOCCN2C(=O)C3C=CC=CC3C2=O)c(=O)[nH]1. The van der Waals surface area contributed by atoms with Gasteiger partial charge in [0.25, 0.3) is 5.56 Å². The molecule has 0 saturated carbocycles. The van der Waals surface area contributed by atoms with Crippen LogP contribution in [0.1, 0.15) is 20.1 Å². The molecular weight excluding hydrogens is 540 g/mol. The van der Waals surface area contributed by atoms with Gasteiger partial charge in [-0.15, -0.1) is 0 Å². The topological polar surface area (TPSA) is 198 Å². The minimum atomic E-state index is -1.23. The molecule has 4 unspecified atom stereocenters. The molecule has 41 heavy (non-hydrogen) atoms. The van der Waals surface area contributed by atoms with Gasteiger partial charge in [-0.1, -0.05) is 38.2 Å². The van der Waals surface area contributed by atoms with Gasteiger partial charge >= 0.3 is 0 Å². The van der Waals surface area contributed by atoms with E-state index in [2.05, 4.69) is 20.3 Å². The first kappa shape index (κ1) is 28.8. The monoisotopic (exact) mass is 572 g/mol. The summed E-state index contributed by atoms with van der Waals surface area (Å²) in [6, 6.07) is 0. The van der Waals surface area contributed by atoms with Gasteiger partial charge in [-0.3, -0.25) is 38.9 Å². The summed E-state index contributed by atoms with van der Waals surface area (Å²) in [6.45, 7) is 3.19. The number of aliphatic hydroxyl groups excluding tert-OH is 2. The average Bonchev–Trinajstić information content (AvgIpc) is 3.59. The number of hydrogen-bond donors (Lipinski definition) is 4. The van der Waals surface area contributed by atoms with Crippen molar-refractivity contribution in [3.63, 3.8) is 0 Å². The molecule has 3 amide bonds. The van der Waals surface area contributed by atoms with Crippen LogP contribution in [0.4, 0.5) is 5.95 Å². The van der Waals surface area contributed by atoms with Crippen molar-refractivity contribution in [2.75, 3.05) is 38.3 Å². The van der Waals surface area contributed by atoms with E-state index in [1.807, 2.05) is 0 Å². The highest BCUT2D eigenvalue weighted by atomic mass is 16.6. The molecule has 2 aromatic heterocycles. The Morgan fingerprint density at radius 3 is 2.51 bits per heavy atom. The molecule has 2 aliphatic heterocycles. The van der Waals surface area contributed by atoms with Crippen LogP contribution in [0, 0.1) is 17.8 Å². The molecule has 4 heterocycles. The van der Waals surface area contributed by atoms with Crippen molar-refractivity contribution in [2.24, 2.45) is 17.8 Å². The van der Waals surface area contributed by atoms with E-state index >= 15 is 0 Å². The predicted molar refractivity (Wildman–Crippen MR) is 141 cm³/mol. The lowest BCUT2D eigenvalue weighted by Crippen LogP contribution is -2.36. The van der Waals surface area contributed by atoms with Crippen molar-refractivity contribution in [1.82, 2.24) is 24.4 Å². The van der Waals surface area contributed by atoms with Crippen LogP contribution in [0.3, 0.4) is 0 Å². The van der Waals surface area contributed by atoms with E-state index < -0.39 is 48.5 Å². The number of rotatable bonds is 11. The molecule has 5 rings (SSSR count). The first-order valence-electron chi connectivity index (χ1n) is 13.3. The normalized spacial score (nSPS) is 27.4. The number of imide groups is 1. The number of carbonyl (C=O) groups is 3. The molecule has 2 saturated heterocycles. The van der Waals surface area contributed by atoms with Gasteiger partial charge < -0.3 is 24.4 Å². The van der Waals surface area contributed by atoms with Crippen molar-refractivity contribution in [2.45, 2.75) is 38.4 Å². The highest BCUT2D eigenvalue weighted by molar-refractivity contribution is 6.07. The molecule has 15 heteroatoms. The number of hydrogen-bond acceptors (Lipinski definition) is 11. The van der Waals surface area contributed by atoms with E-state index in [-0.39, 0.29) is 67.1 Å². The fraction of sp³-hybridized carbons (Fsp3) is 0.538. The lowest BCUT2D eigenvalue weighted by Gasteiger charge is -2.22. The van der Waals surface area contributed by atoms with Gasteiger partial charge in [0, 0.05) is 5.92 Å². The first-order chi connectivity index (χ1) is 19.7. The van der Waals surface area contributed by atoms with Gasteiger partial charge in [-0.05, 0) is 0 Å². The van der Waals surface area contributed by atoms with E-state index in [1.165, 1.54) is 15.8 Å². The van der Waals surface area contributed by atoms with Crippen molar-refractivity contribution < 1.29 is 38.8 Å². The number of nitrogens with one attached hydrogen (secondary N) is 2. The lowest BCUT2D eigenvalue weighted by molar-refractivity contribution is -0.140. The summed E-state index contributed by atoms with van der Waals surface area (Å²) in [5, 5.41) is 23.0. The van der Waals surface area contributed by atoms with Crippen LogP contribution >= 0.6 is 0 Å². The fourth-order valence-corrected chi connectivity index (χ4v) is 4.97. The standard InChI is InChI=1S/C26H32N6O9/c1-13(2)21(35)29-26-28-20-17(22(36)30-26)27-12-32(20)25-19(18(34)16(11-33)41-25)40-10-9-39-8-7-31-23(37)14-5-3-4-6-15(14)24(31)38/h3-6,12-16,18-19,25,33-34H,7-11H2,1-2H3,(H2,28,29,30,35,36)/t14?,15?,16-,18?,19?,25-/m1/s1. The van der Waals surface area contributed by atoms with Gasteiger partial charge in [-0.25, -0.2) is 4.98 Å². The molecule has 0 aromatic carbocycles. The number of aromatic nitrogens is 4. The minimum absolute atomic E-state index is 0.00862. The number of anilines is 1. The Hall–Kier alpha value is -3.76. The third-order valence-electron chi connectivity index (χ3n) is 7.20.